The van der Waals surface area contributed by atoms with Crippen molar-refractivity contribution >= 4 is 23.1 Å². The van der Waals surface area contributed by atoms with Crippen LogP contribution in [0.2, 0.25) is 0 Å². The number of carbonyl (C=O) groups excluding carboxylic acids is 2. The molecule has 3 rings (SSSR count). The Bertz CT molecular complexity index is 1010. The van der Waals surface area contributed by atoms with Crippen molar-refractivity contribution in [3.05, 3.63) is 53.7 Å². The molecule has 0 spiro atoms. The molecule has 7 heteroatoms. The first-order chi connectivity index (χ1) is 15.4. The lowest BCUT2D eigenvalue weighted by atomic mass is 10.0. The van der Waals surface area contributed by atoms with Gasteiger partial charge in [-0.3, -0.25) is 14.5 Å². The van der Waals surface area contributed by atoms with E-state index < -0.39 is 0 Å². The van der Waals surface area contributed by atoms with Gasteiger partial charge in [0.15, 0.2) is 11.5 Å². The number of hydrogen-bond donors (Lipinski definition) is 1. The third kappa shape index (κ3) is 4.72. The lowest BCUT2D eigenvalue weighted by Gasteiger charge is -2.19. The molecule has 0 saturated carbocycles. The van der Waals surface area contributed by atoms with E-state index in [1.54, 1.807) is 42.5 Å². The van der Waals surface area contributed by atoms with Crippen molar-refractivity contribution in [1.82, 2.24) is 4.90 Å². The van der Waals surface area contributed by atoms with Crippen LogP contribution in [0.5, 0.6) is 17.2 Å². The zero-order chi connectivity index (χ0) is 23.3. The summed E-state index contributed by atoms with van der Waals surface area (Å²) in [4.78, 5) is 27.7. The van der Waals surface area contributed by atoms with Crippen molar-refractivity contribution in [3.63, 3.8) is 0 Å². The Morgan fingerprint density at radius 1 is 0.812 bits per heavy atom. The van der Waals surface area contributed by atoms with E-state index in [0.717, 1.165) is 0 Å². The first kappa shape index (κ1) is 23.2. The Balaban J connectivity index is 2.03. The van der Waals surface area contributed by atoms with Gasteiger partial charge in [0.25, 0.3) is 11.8 Å². The maximum Gasteiger partial charge on any atom is 0.278 e. The number of rotatable bonds is 10. The molecule has 1 N–H and O–H groups in total. The van der Waals surface area contributed by atoms with Crippen LogP contribution < -0.4 is 19.5 Å². The predicted octanol–water partition coefficient (Wildman–Crippen LogP) is 4.48. The molecule has 0 fully saturated rings. The zero-order valence-electron chi connectivity index (χ0n) is 19.2. The molecule has 0 atom stereocenters. The average Bonchev–Trinajstić information content (AvgIpc) is 3.00. The van der Waals surface area contributed by atoms with Crippen LogP contribution in [0.1, 0.15) is 40.2 Å². The van der Waals surface area contributed by atoms with E-state index in [-0.39, 0.29) is 23.6 Å². The number of hydrogen-bond acceptors (Lipinski definition) is 6. The Morgan fingerprint density at radius 2 is 1.44 bits per heavy atom. The van der Waals surface area contributed by atoms with Gasteiger partial charge in [0.1, 0.15) is 11.4 Å². The highest BCUT2D eigenvalue weighted by Gasteiger charge is 2.40. The summed E-state index contributed by atoms with van der Waals surface area (Å²) in [5.41, 5.74) is 1.84. The number of benzene rings is 2. The predicted molar refractivity (Wildman–Crippen MR) is 124 cm³/mol. The van der Waals surface area contributed by atoms with E-state index >= 15 is 0 Å². The van der Waals surface area contributed by atoms with Crippen LogP contribution in [-0.4, -0.2) is 42.6 Å². The quantitative estimate of drug-likeness (QED) is 0.551. The molecule has 170 valence electrons. The Labute approximate surface area is 189 Å². The molecule has 7 nitrogen and oxygen atoms in total. The van der Waals surface area contributed by atoms with Gasteiger partial charge in [-0.25, -0.2) is 0 Å². The molecule has 0 radical (unpaired) electrons. The lowest BCUT2D eigenvalue weighted by Crippen LogP contribution is -2.38. The van der Waals surface area contributed by atoms with Crippen LogP contribution in [0, 0.1) is 0 Å². The third-order valence-electron chi connectivity index (χ3n) is 4.90. The number of amides is 2. The van der Waals surface area contributed by atoms with Crippen LogP contribution in [0.4, 0.5) is 5.69 Å². The topological polar surface area (TPSA) is 77.1 Å². The minimum absolute atomic E-state index is 0.236. The third-order valence-corrected chi connectivity index (χ3v) is 4.90. The van der Waals surface area contributed by atoms with Crippen LogP contribution >= 0.6 is 0 Å². The lowest BCUT2D eigenvalue weighted by molar-refractivity contribution is -0.138. The summed E-state index contributed by atoms with van der Waals surface area (Å²) < 4.78 is 16.8. The van der Waals surface area contributed by atoms with Gasteiger partial charge < -0.3 is 19.5 Å². The van der Waals surface area contributed by atoms with E-state index in [1.807, 2.05) is 34.6 Å². The number of nitrogens with one attached hydrogen (secondary N) is 1. The van der Waals surface area contributed by atoms with Gasteiger partial charge in [0.05, 0.1) is 25.4 Å². The van der Waals surface area contributed by atoms with Crippen LogP contribution in [0.3, 0.4) is 0 Å². The van der Waals surface area contributed by atoms with Crippen molar-refractivity contribution in [1.29, 1.82) is 0 Å². The van der Waals surface area contributed by atoms with Crippen LogP contribution in [-0.2, 0) is 9.59 Å². The second-order valence-electron chi connectivity index (χ2n) is 7.43. The van der Waals surface area contributed by atoms with Crippen molar-refractivity contribution < 1.29 is 23.8 Å². The Kier molecular flexibility index (Phi) is 7.41. The largest absolute Gasteiger partial charge is 0.494 e. The summed E-state index contributed by atoms with van der Waals surface area (Å²) in [7, 11) is 0. The number of imide groups is 1. The van der Waals surface area contributed by atoms with E-state index in [1.165, 1.54) is 4.90 Å². The minimum Gasteiger partial charge on any atom is -0.494 e. The smallest absolute Gasteiger partial charge is 0.278 e. The molecule has 2 aromatic rings. The van der Waals surface area contributed by atoms with E-state index in [2.05, 4.69) is 5.32 Å². The standard InChI is InChI=1S/C25H30N2O5/c1-6-30-19-12-9-17(10-13-19)22-23(25(29)27(16(4)5)24(22)28)26-18-11-14-20(31-7-2)21(15-18)32-8-3/h9-16,26H,6-8H2,1-5H3. The van der Waals surface area contributed by atoms with Crippen molar-refractivity contribution in [2.24, 2.45) is 0 Å². The van der Waals surface area contributed by atoms with E-state index in [4.69, 9.17) is 14.2 Å². The van der Waals surface area contributed by atoms with Gasteiger partial charge in [-0.1, -0.05) is 12.1 Å². The summed E-state index contributed by atoms with van der Waals surface area (Å²) in [6.45, 7) is 10.9. The fourth-order valence-corrected chi connectivity index (χ4v) is 3.56. The molecular weight excluding hydrogens is 408 g/mol. The van der Waals surface area contributed by atoms with Gasteiger partial charge in [0.2, 0.25) is 0 Å². The van der Waals surface area contributed by atoms with E-state index in [0.29, 0.717) is 53.9 Å². The molecule has 0 aromatic heterocycles. The van der Waals surface area contributed by atoms with Crippen molar-refractivity contribution in [2.75, 3.05) is 25.1 Å². The normalized spacial score (nSPS) is 13.8. The number of carbonyl (C=O) groups is 2. The molecule has 0 saturated heterocycles. The molecule has 1 heterocycles. The van der Waals surface area contributed by atoms with Gasteiger partial charge in [-0.05, 0) is 64.4 Å². The first-order valence-electron chi connectivity index (χ1n) is 10.9. The average molecular weight is 439 g/mol. The second kappa shape index (κ2) is 10.2. The molecule has 0 unspecified atom stereocenters. The monoisotopic (exact) mass is 438 g/mol. The molecule has 1 aliphatic heterocycles. The molecule has 0 aliphatic carbocycles. The summed E-state index contributed by atoms with van der Waals surface area (Å²) in [6, 6.07) is 12.3. The molecule has 1 aliphatic rings. The molecular formula is C25H30N2O5. The Hall–Kier alpha value is -3.48. The molecule has 2 aromatic carbocycles. The van der Waals surface area contributed by atoms with Gasteiger partial charge in [0, 0.05) is 17.8 Å². The fourth-order valence-electron chi connectivity index (χ4n) is 3.56. The first-order valence-corrected chi connectivity index (χ1v) is 10.9. The number of ether oxygens (including phenoxy) is 3. The maximum absolute atomic E-state index is 13.2. The molecule has 32 heavy (non-hydrogen) atoms. The summed E-state index contributed by atoms with van der Waals surface area (Å²) in [6.07, 6.45) is 0. The van der Waals surface area contributed by atoms with Crippen LogP contribution in [0.15, 0.2) is 48.2 Å². The Morgan fingerprint density at radius 3 is 2.03 bits per heavy atom. The molecule has 0 bridgehead atoms. The number of anilines is 1. The van der Waals surface area contributed by atoms with Crippen molar-refractivity contribution in [2.45, 2.75) is 40.7 Å². The summed E-state index contributed by atoms with van der Waals surface area (Å²) in [5.74, 6) is 1.21. The highest BCUT2D eigenvalue weighted by atomic mass is 16.5. The maximum atomic E-state index is 13.2. The highest BCUT2D eigenvalue weighted by molar-refractivity contribution is 6.36. The summed E-state index contributed by atoms with van der Waals surface area (Å²) in [5, 5.41) is 3.16. The number of nitrogens with zero attached hydrogens (tertiary/aromatic N) is 1. The van der Waals surface area contributed by atoms with Crippen molar-refractivity contribution in [3.8, 4) is 17.2 Å². The fraction of sp³-hybridized carbons (Fsp3) is 0.360. The second-order valence-corrected chi connectivity index (χ2v) is 7.43. The molecule has 2 amide bonds. The van der Waals surface area contributed by atoms with Gasteiger partial charge in [-0.15, -0.1) is 0 Å². The van der Waals surface area contributed by atoms with Gasteiger partial charge >= 0.3 is 0 Å². The van der Waals surface area contributed by atoms with Gasteiger partial charge in [-0.2, -0.15) is 0 Å². The highest BCUT2D eigenvalue weighted by Crippen LogP contribution is 2.35. The van der Waals surface area contributed by atoms with E-state index in [9.17, 15) is 9.59 Å². The SMILES string of the molecule is CCOc1ccc(C2=C(Nc3ccc(OCC)c(OCC)c3)C(=O)N(C(C)C)C2=O)cc1. The zero-order valence-corrected chi connectivity index (χ0v) is 19.2. The minimum atomic E-state index is -0.360. The summed E-state index contributed by atoms with van der Waals surface area (Å²) >= 11 is 0. The van der Waals surface area contributed by atoms with Crippen LogP contribution in [0.25, 0.3) is 5.57 Å².